The Labute approximate surface area is 181 Å². The van der Waals surface area contributed by atoms with Crippen LogP contribution in [-0.4, -0.2) is 43.0 Å². The first-order valence-corrected chi connectivity index (χ1v) is 10.8. The Hall–Kier alpha value is -3.04. The SMILES string of the molecule is O=C(N[C@@H]1CCC[C@H]1Nc1nc2c(Cl)cncc2s1)c1ccccc1-n1nccn1. The van der Waals surface area contributed by atoms with Gasteiger partial charge in [0.1, 0.15) is 5.52 Å². The van der Waals surface area contributed by atoms with Gasteiger partial charge in [0, 0.05) is 24.5 Å². The summed E-state index contributed by atoms with van der Waals surface area (Å²) in [6.07, 6.45) is 9.42. The molecule has 0 radical (unpaired) electrons. The number of fused-ring (bicyclic) bond motifs is 1. The predicted molar refractivity (Wildman–Crippen MR) is 116 cm³/mol. The van der Waals surface area contributed by atoms with Gasteiger partial charge in [-0.1, -0.05) is 35.1 Å². The van der Waals surface area contributed by atoms with Gasteiger partial charge in [-0.2, -0.15) is 15.0 Å². The molecule has 1 saturated carbocycles. The van der Waals surface area contributed by atoms with Crippen molar-refractivity contribution in [2.24, 2.45) is 0 Å². The van der Waals surface area contributed by atoms with E-state index in [1.807, 2.05) is 18.2 Å². The zero-order valence-electron chi connectivity index (χ0n) is 15.8. The lowest BCUT2D eigenvalue weighted by molar-refractivity contribution is 0.0935. The lowest BCUT2D eigenvalue weighted by atomic mass is 10.1. The second kappa shape index (κ2) is 8.00. The van der Waals surface area contributed by atoms with Crippen molar-refractivity contribution >= 4 is 44.2 Å². The average molecular weight is 440 g/mol. The molecule has 1 aliphatic rings. The molecule has 0 saturated heterocycles. The maximum absolute atomic E-state index is 13.1. The molecule has 0 unspecified atom stereocenters. The van der Waals surface area contributed by atoms with E-state index >= 15 is 0 Å². The van der Waals surface area contributed by atoms with Gasteiger partial charge in [0.15, 0.2) is 5.13 Å². The van der Waals surface area contributed by atoms with E-state index in [0.29, 0.717) is 16.3 Å². The van der Waals surface area contributed by atoms with Crippen molar-refractivity contribution in [1.29, 1.82) is 0 Å². The van der Waals surface area contributed by atoms with Crippen molar-refractivity contribution in [3.63, 3.8) is 0 Å². The number of nitrogens with one attached hydrogen (secondary N) is 2. The van der Waals surface area contributed by atoms with Crippen molar-refractivity contribution in [1.82, 2.24) is 30.3 Å². The number of pyridine rings is 1. The molecule has 30 heavy (non-hydrogen) atoms. The molecule has 2 N–H and O–H groups in total. The van der Waals surface area contributed by atoms with Gasteiger partial charge in [0.2, 0.25) is 0 Å². The molecule has 1 amide bonds. The van der Waals surface area contributed by atoms with Crippen LogP contribution < -0.4 is 10.6 Å². The van der Waals surface area contributed by atoms with Crippen molar-refractivity contribution in [2.75, 3.05) is 5.32 Å². The van der Waals surface area contributed by atoms with Crippen LogP contribution in [0.3, 0.4) is 0 Å². The van der Waals surface area contributed by atoms with Crippen LogP contribution in [-0.2, 0) is 0 Å². The maximum Gasteiger partial charge on any atom is 0.253 e. The van der Waals surface area contributed by atoms with E-state index in [9.17, 15) is 4.79 Å². The topological polar surface area (TPSA) is 97.6 Å². The molecule has 1 aliphatic carbocycles. The van der Waals surface area contributed by atoms with E-state index in [4.69, 9.17) is 11.6 Å². The third kappa shape index (κ3) is 3.61. The highest BCUT2D eigenvalue weighted by atomic mass is 35.5. The Balaban J connectivity index is 1.33. The Bertz CT molecular complexity index is 1190. The van der Waals surface area contributed by atoms with E-state index in [1.165, 1.54) is 16.1 Å². The molecule has 5 rings (SSSR count). The summed E-state index contributed by atoms with van der Waals surface area (Å²) in [6.45, 7) is 0. The molecule has 4 aromatic rings. The highest BCUT2D eigenvalue weighted by Crippen LogP contribution is 2.32. The molecule has 1 fully saturated rings. The summed E-state index contributed by atoms with van der Waals surface area (Å²) in [5.74, 6) is -0.141. The number of nitrogens with zero attached hydrogens (tertiary/aromatic N) is 5. The molecule has 8 nitrogen and oxygen atoms in total. The molecule has 10 heteroatoms. The lowest BCUT2D eigenvalue weighted by Gasteiger charge is -2.22. The largest absolute Gasteiger partial charge is 0.357 e. The third-order valence-electron chi connectivity index (χ3n) is 5.18. The smallest absolute Gasteiger partial charge is 0.253 e. The number of thiazole rings is 1. The first kappa shape index (κ1) is 19.0. The molecule has 3 aromatic heterocycles. The normalized spacial score (nSPS) is 18.6. The van der Waals surface area contributed by atoms with Crippen molar-refractivity contribution in [3.05, 3.63) is 59.6 Å². The minimum atomic E-state index is -0.141. The molecule has 0 bridgehead atoms. The number of para-hydroxylation sites is 1. The highest BCUT2D eigenvalue weighted by molar-refractivity contribution is 7.22. The third-order valence-corrected chi connectivity index (χ3v) is 6.38. The molecule has 152 valence electrons. The van der Waals surface area contributed by atoms with Crippen LogP contribution in [0.4, 0.5) is 5.13 Å². The number of carbonyl (C=O) groups excluding carboxylic acids is 1. The summed E-state index contributed by atoms with van der Waals surface area (Å²) in [5, 5.41) is 16.3. The zero-order chi connectivity index (χ0) is 20.5. The Morgan fingerprint density at radius 2 is 1.93 bits per heavy atom. The van der Waals surface area contributed by atoms with Gasteiger partial charge in [0.05, 0.1) is 33.4 Å². The summed E-state index contributed by atoms with van der Waals surface area (Å²) in [6, 6.07) is 7.41. The van der Waals surface area contributed by atoms with E-state index in [1.54, 1.807) is 30.9 Å². The van der Waals surface area contributed by atoms with E-state index < -0.39 is 0 Å². The van der Waals surface area contributed by atoms with Crippen LogP contribution in [0.5, 0.6) is 0 Å². The number of halogens is 1. The van der Waals surface area contributed by atoms with Crippen LogP contribution >= 0.6 is 22.9 Å². The average Bonchev–Trinajstić information content (AvgIpc) is 3.50. The van der Waals surface area contributed by atoms with Crippen molar-refractivity contribution in [3.8, 4) is 5.69 Å². The van der Waals surface area contributed by atoms with Gasteiger partial charge >= 0.3 is 0 Å². The zero-order valence-corrected chi connectivity index (χ0v) is 17.4. The van der Waals surface area contributed by atoms with Gasteiger partial charge in [-0.3, -0.25) is 9.78 Å². The Kier molecular flexibility index (Phi) is 5.06. The van der Waals surface area contributed by atoms with E-state index in [0.717, 1.165) is 34.6 Å². The first-order valence-electron chi connectivity index (χ1n) is 9.62. The quantitative estimate of drug-likeness (QED) is 0.492. The number of rotatable bonds is 5. The summed E-state index contributed by atoms with van der Waals surface area (Å²) in [5.41, 5.74) is 1.94. The first-order chi connectivity index (χ1) is 14.7. The van der Waals surface area contributed by atoms with Gasteiger partial charge in [-0.05, 0) is 31.4 Å². The summed E-state index contributed by atoms with van der Waals surface area (Å²) < 4.78 is 0.934. The molecular formula is C20H18ClN7OS. The minimum Gasteiger partial charge on any atom is -0.357 e. The van der Waals surface area contributed by atoms with Crippen LogP contribution in [0.2, 0.25) is 5.02 Å². The van der Waals surface area contributed by atoms with Gasteiger partial charge in [-0.25, -0.2) is 4.98 Å². The lowest BCUT2D eigenvalue weighted by Crippen LogP contribution is -2.43. The van der Waals surface area contributed by atoms with Crippen molar-refractivity contribution < 1.29 is 4.79 Å². The number of aromatic nitrogens is 5. The van der Waals surface area contributed by atoms with Gasteiger partial charge < -0.3 is 10.6 Å². The van der Waals surface area contributed by atoms with Crippen LogP contribution in [0.1, 0.15) is 29.6 Å². The number of carbonyl (C=O) groups is 1. The fourth-order valence-corrected chi connectivity index (χ4v) is 4.95. The second-order valence-electron chi connectivity index (χ2n) is 7.08. The number of hydrogen-bond donors (Lipinski definition) is 2. The number of hydrogen-bond acceptors (Lipinski definition) is 7. The molecular weight excluding hydrogens is 422 g/mol. The van der Waals surface area contributed by atoms with E-state index in [-0.39, 0.29) is 18.0 Å². The second-order valence-corrected chi connectivity index (χ2v) is 8.52. The Morgan fingerprint density at radius 3 is 2.77 bits per heavy atom. The maximum atomic E-state index is 13.1. The summed E-state index contributed by atoms with van der Waals surface area (Å²) in [4.78, 5) is 23.2. The fourth-order valence-electron chi connectivity index (χ4n) is 3.77. The monoisotopic (exact) mass is 439 g/mol. The summed E-state index contributed by atoms with van der Waals surface area (Å²) >= 11 is 7.71. The highest BCUT2D eigenvalue weighted by Gasteiger charge is 2.30. The van der Waals surface area contributed by atoms with Crippen LogP contribution in [0, 0.1) is 0 Å². The van der Waals surface area contributed by atoms with Gasteiger partial charge in [0.25, 0.3) is 5.91 Å². The standard InChI is InChI=1S/C20H18ClN7OS/c21-13-10-22-11-17-18(13)27-20(30-17)26-15-6-3-5-14(15)25-19(29)12-4-1-2-7-16(12)28-23-8-9-24-28/h1-2,4,7-11,14-15H,3,5-6H2,(H,25,29)(H,26,27)/t14-,15-/m1/s1. The van der Waals surface area contributed by atoms with Gasteiger partial charge in [-0.15, -0.1) is 0 Å². The van der Waals surface area contributed by atoms with Crippen molar-refractivity contribution in [2.45, 2.75) is 31.3 Å². The minimum absolute atomic E-state index is 0.00301. The predicted octanol–water partition coefficient (Wildman–Crippen LogP) is 3.69. The number of anilines is 1. The fraction of sp³-hybridized carbons (Fsp3) is 0.250. The molecule has 3 heterocycles. The molecule has 2 atom stereocenters. The molecule has 0 aliphatic heterocycles. The number of amides is 1. The molecule has 0 spiro atoms. The molecule has 1 aromatic carbocycles. The van der Waals surface area contributed by atoms with E-state index in [2.05, 4.69) is 30.8 Å². The van der Waals surface area contributed by atoms with Crippen LogP contribution in [0.25, 0.3) is 15.9 Å². The van der Waals surface area contributed by atoms with Crippen LogP contribution in [0.15, 0.2) is 49.1 Å². The number of benzene rings is 1. The Morgan fingerprint density at radius 1 is 1.13 bits per heavy atom. The summed E-state index contributed by atoms with van der Waals surface area (Å²) in [7, 11) is 0.